The van der Waals surface area contributed by atoms with Crippen LogP contribution < -0.4 is 5.73 Å². The minimum atomic E-state index is 0.0708. The highest BCUT2D eigenvalue weighted by atomic mass is 14.9. The summed E-state index contributed by atoms with van der Waals surface area (Å²) in [5.41, 5.74) is 7.70. The van der Waals surface area contributed by atoms with E-state index in [0.717, 1.165) is 18.5 Å². The first-order valence-corrected chi connectivity index (χ1v) is 4.82. The fourth-order valence-corrected chi connectivity index (χ4v) is 2.32. The summed E-state index contributed by atoms with van der Waals surface area (Å²) >= 11 is 0. The van der Waals surface area contributed by atoms with E-state index in [9.17, 15) is 0 Å². The van der Waals surface area contributed by atoms with Gasteiger partial charge in [0, 0.05) is 17.2 Å². The Morgan fingerprint density at radius 3 is 2.46 bits per heavy atom. The Kier molecular flexibility index (Phi) is 1.20. The molecule has 0 spiro atoms. The van der Waals surface area contributed by atoms with Crippen LogP contribution in [0, 0.1) is 0 Å². The molecule has 13 heavy (non-hydrogen) atoms. The van der Waals surface area contributed by atoms with E-state index in [1.807, 2.05) is 12.3 Å². The van der Waals surface area contributed by atoms with Crippen LogP contribution in [0.1, 0.15) is 31.4 Å². The predicted molar refractivity (Wildman–Crippen MR) is 49.1 cm³/mol. The lowest BCUT2D eigenvalue weighted by atomic mass is 9.90. The third-order valence-corrected chi connectivity index (χ3v) is 3.56. The van der Waals surface area contributed by atoms with Crippen molar-refractivity contribution < 1.29 is 0 Å². The lowest BCUT2D eigenvalue weighted by Gasteiger charge is -2.21. The van der Waals surface area contributed by atoms with E-state index in [1.165, 1.54) is 12.8 Å². The average molecular weight is 175 g/mol. The summed E-state index contributed by atoms with van der Waals surface area (Å²) < 4.78 is 0. The van der Waals surface area contributed by atoms with Gasteiger partial charge in [-0.25, -0.2) is 9.97 Å². The molecule has 1 aromatic rings. The van der Waals surface area contributed by atoms with Crippen LogP contribution in [-0.2, 0) is 5.41 Å². The second kappa shape index (κ2) is 2.10. The summed E-state index contributed by atoms with van der Waals surface area (Å²) in [4.78, 5) is 8.27. The monoisotopic (exact) mass is 175 g/mol. The Morgan fingerprint density at radius 1 is 1.23 bits per heavy atom. The third kappa shape index (κ3) is 0.879. The second-order valence-corrected chi connectivity index (χ2v) is 4.33. The van der Waals surface area contributed by atoms with Gasteiger partial charge in [0.25, 0.3) is 0 Å². The topological polar surface area (TPSA) is 51.8 Å². The highest BCUT2D eigenvalue weighted by Gasteiger charge is 2.64. The normalized spacial score (nSPS) is 26.8. The van der Waals surface area contributed by atoms with Crippen molar-refractivity contribution in [3.63, 3.8) is 0 Å². The standard InChI is InChI=1S/C10H13N3/c11-10(4-5-10)9(2-3-9)8-1-6-12-7-13-8/h1,6-7H,2-5,11H2. The minimum absolute atomic E-state index is 0.0708. The van der Waals surface area contributed by atoms with Crippen molar-refractivity contribution in [2.24, 2.45) is 5.73 Å². The van der Waals surface area contributed by atoms with Gasteiger partial charge in [-0.2, -0.15) is 0 Å². The molecule has 1 aromatic heterocycles. The Bertz CT molecular complexity index is 325. The third-order valence-electron chi connectivity index (χ3n) is 3.56. The van der Waals surface area contributed by atoms with Crippen LogP contribution in [0.25, 0.3) is 0 Å². The van der Waals surface area contributed by atoms with Gasteiger partial charge in [0.1, 0.15) is 6.33 Å². The predicted octanol–water partition coefficient (Wildman–Crippen LogP) is 0.999. The summed E-state index contributed by atoms with van der Waals surface area (Å²) in [6.45, 7) is 0. The Hall–Kier alpha value is -0.960. The molecule has 68 valence electrons. The molecule has 3 rings (SSSR count). The van der Waals surface area contributed by atoms with E-state index < -0.39 is 0 Å². The fraction of sp³-hybridized carbons (Fsp3) is 0.600. The zero-order valence-corrected chi connectivity index (χ0v) is 7.53. The Balaban J connectivity index is 2.01. The van der Waals surface area contributed by atoms with Crippen LogP contribution in [0.2, 0.25) is 0 Å². The summed E-state index contributed by atoms with van der Waals surface area (Å²) in [6, 6.07) is 2.01. The Labute approximate surface area is 77.4 Å². The molecule has 3 nitrogen and oxygen atoms in total. The summed E-state index contributed by atoms with van der Waals surface area (Å²) in [5, 5.41) is 0. The molecule has 1 heterocycles. The lowest BCUT2D eigenvalue weighted by Crippen LogP contribution is -2.37. The van der Waals surface area contributed by atoms with Crippen molar-refractivity contribution in [1.29, 1.82) is 0 Å². The summed E-state index contributed by atoms with van der Waals surface area (Å²) in [6.07, 6.45) is 8.18. The van der Waals surface area contributed by atoms with Crippen molar-refractivity contribution in [3.05, 3.63) is 24.3 Å². The van der Waals surface area contributed by atoms with E-state index in [0.29, 0.717) is 0 Å². The van der Waals surface area contributed by atoms with Gasteiger partial charge in [-0.05, 0) is 31.7 Å². The molecule has 2 aliphatic rings. The lowest BCUT2D eigenvalue weighted by molar-refractivity contribution is 0.490. The van der Waals surface area contributed by atoms with Crippen molar-refractivity contribution in [2.45, 2.75) is 36.6 Å². The van der Waals surface area contributed by atoms with E-state index in [2.05, 4.69) is 9.97 Å². The minimum Gasteiger partial charge on any atom is -0.324 e. The van der Waals surface area contributed by atoms with Gasteiger partial charge in [-0.15, -0.1) is 0 Å². The molecule has 0 aromatic carbocycles. The number of rotatable bonds is 2. The van der Waals surface area contributed by atoms with Gasteiger partial charge in [0.2, 0.25) is 0 Å². The number of nitrogens with two attached hydrogens (primary N) is 1. The number of hydrogen-bond donors (Lipinski definition) is 1. The van der Waals surface area contributed by atoms with E-state index in [1.54, 1.807) is 6.33 Å². The highest BCUT2D eigenvalue weighted by molar-refractivity contribution is 5.35. The molecule has 0 atom stereocenters. The summed E-state index contributed by atoms with van der Waals surface area (Å²) in [5.74, 6) is 0. The zero-order valence-electron chi connectivity index (χ0n) is 7.53. The van der Waals surface area contributed by atoms with Crippen LogP contribution in [0.4, 0.5) is 0 Å². The maximum absolute atomic E-state index is 6.26. The molecular formula is C10H13N3. The molecule has 0 saturated heterocycles. The van der Waals surface area contributed by atoms with Crippen LogP contribution >= 0.6 is 0 Å². The molecular weight excluding hydrogens is 162 g/mol. The maximum Gasteiger partial charge on any atom is 0.115 e. The molecule has 0 bridgehead atoms. The molecule has 0 amide bonds. The van der Waals surface area contributed by atoms with Gasteiger partial charge < -0.3 is 5.73 Å². The molecule has 3 heteroatoms. The average Bonchev–Trinajstić information content (AvgIpc) is 3.01. The van der Waals surface area contributed by atoms with E-state index in [4.69, 9.17) is 5.73 Å². The van der Waals surface area contributed by atoms with Crippen molar-refractivity contribution >= 4 is 0 Å². The molecule has 2 aliphatic carbocycles. The van der Waals surface area contributed by atoms with Crippen LogP contribution in [0.3, 0.4) is 0 Å². The maximum atomic E-state index is 6.26. The Morgan fingerprint density at radius 2 is 2.00 bits per heavy atom. The number of hydrogen-bond acceptors (Lipinski definition) is 3. The van der Waals surface area contributed by atoms with E-state index in [-0.39, 0.29) is 11.0 Å². The van der Waals surface area contributed by atoms with Crippen LogP contribution in [0.15, 0.2) is 18.6 Å². The first-order valence-electron chi connectivity index (χ1n) is 4.82. The highest BCUT2D eigenvalue weighted by Crippen LogP contribution is 2.62. The quantitative estimate of drug-likeness (QED) is 0.729. The van der Waals surface area contributed by atoms with Crippen molar-refractivity contribution in [1.82, 2.24) is 9.97 Å². The zero-order chi connectivity index (χ0) is 8.94. The first kappa shape index (κ1) is 7.44. The molecule has 0 unspecified atom stereocenters. The smallest absolute Gasteiger partial charge is 0.115 e. The number of nitrogens with zero attached hydrogens (tertiary/aromatic N) is 2. The van der Waals surface area contributed by atoms with Gasteiger partial charge in [0.15, 0.2) is 0 Å². The largest absolute Gasteiger partial charge is 0.324 e. The summed E-state index contributed by atoms with van der Waals surface area (Å²) in [7, 11) is 0. The molecule has 0 radical (unpaired) electrons. The molecule has 2 N–H and O–H groups in total. The first-order chi connectivity index (χ1) is 6.27. The SMILES string of the molecule is NC1(C2(c3ccncn3)CC2)CC1. The van der Waals surface area contributed by atoms with Crippen molar-refractivity contribution in [2.75, 3.05) is 0 Å². The van der Waals surface area contributed by atoms with Gasteiger partial charge in [0.05, 0.1) is 5.69 Å². The number of aromatic nitrogens is 2. The second-order valence-electron chi connectivity index (χ2n) is 4.33. The van der Waals surface area contributed by atoms with Gasteiger partial charge in [-0.1, -0.05) is 0 Å². The fourth-order valence-electron chi connectivity index (χ4n) is 2.32. The van der Waals surface area contributed by atoms with Crippen LogP contribution in [0.5, 0.6) is 0 Å². The van der Waals surface area contributed by atoms with Gasteiger partial charge >= 0.3 is 0 Å². The molecule has 0 aliphatic heterocycles. The molecule has 2 fully saturated rings. The molecule has 2 saturated carbocycles. The van der Waals surface area contributed by atoms with Crippen molar-refractivity contribution in [3.8, 4) is 0 Å². The van der Waals surface area contributed by atoms with Crippen LogP contribution in [-0.4, -0.2) is 15.5 Å². The van der Waals surface area contributed by atoms with E-state index >= 15 is 0 Å². The van der Waals surface area contributed by atoms with Gasteiger partial charge in [-0.3, -0.25) is 0 Å².